The monoisotopic (exact) mass is 398 g/mol. The van der Waals surface area contributed by atoms with Gasteiger partial charge in [0, 0.05) is 12.2 Å². The number of nitrogens with zero attached hydrogens (tertiary/aromatic N) is 2. The Morgan fingerprint density at radius 2 is 1.93 bits per heavy atom. The maximum Gasteiger partial charge on any atom is 0.234 e. The number of primary amides is 1. The first-order chi connectivity index (χ1) is 13.6. The SMILES string of the molecule is CCn1c(SCC(=O)Nc2ccc(OCCC(N)=O)cc2)nc2ccccc21. The van der Waals surface area contributed by atoms with Gasteiger partial charge in [-0.15, -0.1) is 0 Å². The number of ether oxygens (including phenoxy) is 1. The number of carbonyl (C=O) groups is 2. The van der Waals surface area contributed by atoms with Gasteiger partial charge >= 0.3 is 0 Å². The van der Waals surface area contributed by atoms with Crippen LogP contribution in [-0.2, 0) is 16.1 Å². The van der Waals surface area contributed by atoms with E-state index in [1.807, 2.05) is 24.3 Å². The van der Waals surface area contributed by atoms with Crippen molar-refractivity contribution in [1.29, 1.82) is 0 Å². The summed E-state index contributed by atoms with van der Waals surface area (Å²) in [6.07, 6.45) is 0.165. The lowest BCUT2D eigenvalue weighted by Crippen LogP contribution is -2.15. The molecule has 1 aromatic heterocycles. The number of benzene rings is 2. The number of aryl methyl sites for hydroxylation is 1. The van der Waals surface area contributed by atoms with Crippen LogP contribution in [0.15, 0.2) is 53.7 Å². The molecule has 2 aromatic carbocycles. The van der Waals surface area contributed by atoms with Gasteiger partial charge in [-0.1, -0.05) is 23.9 Å². The molecule has 0 bridgehead atoms. The number of carbonyl (C=O) groups excluding carboxylic acids is 2. The molecule has 0 spiro atoms. The van der Waals surface area contributed by atoms with Gasteiger partial charge in [-0.25, -0.2) is 4.98 Å². The van der Waals surface area contributed by atoms with Crippen molar-refractivity contribution in [2.75, 3.05) is 17.7 Å². The second-order valence-corrected chi connectivity index (χ2v) is 7.00. The molecule has 0 atom stereocenters. The molecule has 1 heterocycles. The molecule has 3 aromatic rings. The number of rotatable bonds is 9. The third-order valence-electron chi connectivity index (χ3n) is 4.02. The van der Waals surface area contributed by atoms with E-state index >= 15 is 0 Å². The highest BCUT2D eigenvalue weighted by Gasteiger charge is 2.12. The summed E-state index contributed by atoms with van der Waals surface area (Å²) >= 11 is 1.41. The molecular formula is C20H22N4O3S. The van der Waals surface area contributed by atoms with Gasteiger partial charge in [0.2, 0.25) is 11.8 Å². The smallest absolute Gasteiger partial charge is 0.234 e. The molecule has 2 amide bonds. The van der Waals surface area contributed by atoms with Gasteiger partial charge < -0.3 is 20.4 Å². The molecule has 0 aliphatic carbocycles. The lowest BCUT2D eigenvalue weighted by molar-refractivity contribution is -0.118. The summed E-state index contributed by atoms with van der Waals surface area (Å²) in [5, 5.41) is 3.69. The summed E-state index contributed by atoms with van der Waals surface area (Å²) in [4.78, 5) is 27.6. The molecule has 7 nitrogen and oxygen atoms in total. The fraction of sp³-hybridized carbons (Fsp3) is 0.250. The highest BCUT2D eigenvalue weighted by atomic mass is 32.2. The largest absolute Gasteiger partial charge is 0.493 e. The van der Waals surface area contributed by atoms with Crippen LogP contribution in [-0.4, -0.2) is 33.7 Å². The number of nitrogens with two attached hydrogens (primary N) is 1. The average Bonchev–Trinajstić information content (AvgIpc) is 3.05. The van der Waals surface area contributed by atoms with Gasteiger partial charge in [-0.3, -0.25) is 9.59 Å². The number of amides is 2. The molecule has 0 fully saturated rings. The van der Waals surface area contributed by atoms with E-state index in [0.717, 1.165) is 22.7 Å². The van der Waals surface area contributed by atoms with E-state index < -0.39 is 5.91 Å². The van der Waals surface area contributed by atoms with E-state index in [1.165, 1.54) is 11.8 Å². The number of hydrogen-bond donors (Lipinski definition) is 2. The molecule has 28 heavy (non-hydrogen) atoms. The van der Waals surface area contributed by atoms with Crippen molar-refractivity contribution in [1.82, 2.24) is 9.55 Å². The Balaban J connectivity index is 1.54. The van der Waals surface area contributed by atoms with Crippen LogP contribution in [0.1, 0.15) is 13.3 Å². The highest BCUT2D eigenvalue weighted by molar-refractivity contribution is 7.99. The molecule has 8 heteroatoms. The standard InChI is InChI=1S/C20H22N4O3S/c1-2-24-17-6-4-3-5-16(17)23-20(24)28-13-19(26)22-14-7-9-15(10-8-14)27-12-11-18(21)25/h3-10H,2,11-13H2,1H3,(H2,21,25)(H,22,26). The zero-order valence-corrected chi connectivity index (χ0v) is 16.4. The van der Waals surface area contributed by atoms with Crippen LogP contribution in [0.4, 0.5) is 5.69 Å². The molecular weight excluding hydrogens is 376 g/mol. The number of hydrogen-bond acceptors (Lipinski definition) is 5. The zero-order valence-electron chi connectivity index (χ0n) is 15.6. The van der Waals surface area contributed by atoms with Gasteiger partial charge in [0.15, 0.2) is 5.16 Å². The van der Waals surface area contributed by atoms with Crippen LogP contribution in [0.5, 0.6) is 5.75 Å². The molecule has 0 aliphatic heterocycles. The van der Waals surface area contributed by atoms with Crippen LogP contribution in [0.3, 0.4) is 0 Å². The van der Waals surface area contributed by atoms with Crippen LogP contribution >= 0.6 is 11.8 Å². The Morgan fingerprint density at radius 1 is 1.18 bits per heavy atom. The van der Waals surface area contributed by atoms with Crippen molar-refractivity contribution >= 4 is 40.3 Å². The van der Waals surface area contributed by atoms with Crippen LogP contribution in [0, 0.1) is 0 Å². The number of aromatic nitrogens is 2. The van der Waals surface area contributed by atoms with Crippen molar-refractivity contribution in [3.8, 4) is 5.75 Å². The number of imidazole rings is 1. The van der Waals surface area contributed by atoms with Crippen LogP contribution in [0.2, 0.25) is 0 Å². The Morgan fingerprint density at radius 3 is 2.64 bits per heavy atom. The summed E-state index contributed by atoms with van der Waals surface area (Å²) < 4.78 is 7.51. The first-order valence-corrected chi connectivity index (χ1v) is 9.94. The number of thioether (sulfide) groups is 1. The fourth-order valence-corrected chi connectivity index (χ4v) is 3.58. The quantitative estimate of drug-likeness (QED) is 0.540. The van der Waals surface area contributed by atoms with Crippen LogP contribution < -0.4 is 15.8 Å². The summed E-state index contributed by atoms with van der Waals surface area (Å²) in [6, 6.07) is 14.9. The Kier molecular flexibility index (Phi) is 6.54. The lowest BCUT2D eigenvalue weighted by atomic mass is 10.3. The van der Waals surface area contributed by atoms with Gasteiger partial charge in [0.1, 0.15) is 5.75 Å². The normalized spacial score (nSPS) is 10.8. The highest BCUT2D eigenvalue weighted by Crippen LogP contribution is 2.24. The third kappa shape index (κ3) is 5.04. The summed E-state index contributed by atoms with van der Waals surface area (Å²) in [6.45, 7) is 3.09. The number of fused-ring (bicyclic) bond motifs is 1. The topological polar surface area (TPSA) is 99.2 Å². The second kappa shape index (κ2) is 9.27. The van der Waals surface area contributed by atoms with E-state index in [2.05, 4.69) is 21.8 Å². The maximum atomic E-state index is 12.3. The molecule has 3 rings (SSSR count). The number of para-hydroxylation sites is 2. The van der Waals surface area contributed by atoms with Gasteiger partial charge in [0.25, 0.3) is 0 Å². The van der Waals surface area contributed by atoms with Gasteiger partial charge in [0.05, 0.1) is 29.8 Å². The Bertz CT molecular complexity index is 969. The van der Waals surface area contributed by atoms with Gasteiger partial charge in [-0.2, -0.15) is 0 Å². The summed E-state index contributed by atoms with van der Waals surface area (Å²) in [5.74, 6) is 0.366. The summed E-state index contributed by atoms with van der Waals surface area (Å²) in [7, 11) is 0. The number of nitrogens with one attached hydrogen (secondary N) is 1. The first-order valence-electron chi connectivity index (χ1n) is 8.96. The zero-order chi connectivity index (χ0) is 19.9. The lowest BCUT2D eigenvalue weighted by Gasteiger charge is -2.08. The second-order valence-electron chi connectivity index (χ2n) is 6.05. The van der Waals surface area contributed by atoms with Crippen molar-refractivity contribution in [3.05, 3.63) is 48.5 Å². The van der Waals surface area contributed by atoms with Crippen molar-refractivity contribution in [2.24, 2.45) is 5.73 Å². The van der Waals surface area contributed by atoms with E-state index in [0.29, 0.717) is 11.4 Å². The van der Waals surface area contributed by atoms with E-state index in [1.54, 1.807) is 24.3 Å². The van der Waals surface area contributed by atoms with Crippen molar-refractivity contribution < 1.29 is 14.3 Å². The Labute approximate surface area is 167 Å². The minimum atomic E-state index is -0.405. The molecule has 0 aliphatic rings. The molecule has 0 saturated heterocycles. The van der Waals surface area contributed by atoms with Gasteiger partial charge in [-0.05, 0) is 43.3 Å². The number of anilines is 1. The minimum absolute atomic E-state index is 0.109. The van der Waals surface area contributed by atoms with Crippen LogP contribution in [0.25, 0.3) is 11.0 Å². The van der Waals surface area contributed by atoms with E-state index in [9.17, 15) is 9.59 Å². The average molecular weight is 398 g/mol. The first kappa shape index (κ1) is 19.8. The molecule has 0 unspecified atom stereocenters. The summed E-state index contributed by atoms with van der Waals surface area (Å²) in [5.41, 5.74) is 7.75. The maximum absolute atomic E-state index is 12.3. The molecule has 146 valence electrons. The van der Waals surface area contributed by atoms with E-state index in [-0.39, 0.29) is 24.7 Å². The predicted octanol–water partition coefficient (Wildman–Crippen LogP) is 3.04. The Hall–Kier alpha value is -3.00. The van der Waals surface area contributed by atoms with E-state index in [4.69, 9.17) is 10.5 Å². The third-order valence-corrected chi connectivity index (χ3v) is 5.00. The fourth-order valence-electron chi connectivity index (χ4n) is 2.70. The molecule has 0 saturated carbocycles. The molecule has 0 radical (unpaired) electrons. The molecule has 3 N–H and O–H groups in total. The van der Waals surface area contributed by atoms with Crippen molar-refractivity contribution in [3.63, 3.8) is 0 Å². The predicted molar refractivity (Wildman–Crippen MR) is 111 cm³/mol. The van der Waals surface area contributed by atoms with Crippen molar-refractivity contribution in [2.45, 2.75) is 25.0 Å². The minimum Gasteiger partial charge on any atom is -0.493 e.